The molecular formula is C15H12BrClFNO. The normalized spacial score (nSPS) is 10.4. The average molecular weight is 357 g/mol. The van der Waals surface area contributed by atoms with Crippen LogP contribution < -0.4 is 5.32 Å². The van der Waals surface area contributed by atoms with E-state index in [0.717, 1.165) is 10.0 Å². The van der Waals surface area contributed by atoms with E-state index in [4.69, 9.17) is 11.6 Å². The molecule has 2 aromatic rings. The number of rotatable bonds is 3. The molecule has 20 heavy (non-hydrogen) atoms. The van der Waals surface area contributed by atoms with Crippen LogP contribution in [0.2, 0.25) is 5.02 Å². The maximum absolute atomic E-state index is 13.5. The van der Waals surface area contributed by atoms with Gasteiger partial charge >= 0.3 is 0 Å². The predicted molar refractivity (Wildman–Crippen MR) is 82.6 cm³/mol. The number of hydrogen-bond acceptors (Lipinski definition) is 1. The first-order chi connectivity index (χ1) is 9.47. The minimum absolute atomic E-state index is 0.0232. The van der Waals surface area contributed by atoms with Crippen LogP contribution in [0.15, 0.2) is 40.9 Å². The van der Waals surface area contributed by atoms with Gasteiger partial charge in [-0.15, -0.1) is 0 Å². The van der Waals surface area contributed by atoms with E-state index in [1.54, 1.807) is 24.3 Å². The standard InChI is InChI=1S/C15H12BrClFNO/c1-9-6-11(16)14(8-12(9)17)19-15(20)7-10-4-2-3-5-13(10)18/h2-6,8H,7H2,1H3,(H,19,20). The Bertz CT molecular complexity index is 660. The van der Waals surface area contributed by atoms with Gasteiger partial charge in [0.25, 0.3) is 0 Å². The lowest BCUT2D eigenvalue weighted by Gasteiger charge is -2.10. The molecular weight excluding hydrogens is 345 g/mol. The summed E-state index contributed by atoms with van der Waals surface area (Å²) in [5.41, 5.74) is 1.84. The number of hydrogen-bond donors (Lipinski definition) is 1. The van der Waals surface area contributed by atoms with Crippen molar-refractivity contribution in [3.05, 3.63) is 62.8 Å². The van der Waals surface area contributed by atoms with E-state index in [1.165, 1.54) is 6.07 Å². The summed E-state index contributed by atoms with van der Waals surface area (Å²) in [6.45, 7) is 1.87. The molecule has 0 aliphatic heterocycles. The molecule has 1 N–H and O–H groups in total. The van der Waals surface area contributed by atoms with Gasteiger partial charge in [0.15, 0.2) is 0 Å². The first-order valence-electron chi connectivity index (χ1n) is 5.96. The van der Waals surface area contributed by atoms with Crippen LogP contribution in [0, 0.1) is 12.7 Å². The van der Waals surface area contributed by atoms with Crippen molar-refractivity contribution in [2.45, 2.75) is 13.3 Å². The van der Waals surface area contributed by atoms with Crippen LogP contribution in [-0.4, -0.2) is 5.91 Å². The molecule has 0 saturated carbocycles. The van der Waals surface area contributed by atoms with Crippen molar-refractivity contribution >= 4 is 39.1 Å². The van der Waals surface area contributed by atoms with Crippen LogP contribution in [0.5, 0.6) is 0 Å². The summed E-state index contributed by atoms with van der Waals surface area (Å²) in [5, 5.41) is 3.28. The molecule has 2 rings (SSSR count). The lowest BCUT2D eigenvalue weighted by Crippen LogP contribution is -2.15. The summed E-state index contributed by atoms with van der Waals surface area (Å²) >= 11 is 9.38. The average Bonchev–Trinajstić information content (AvgIpc) is 2.39. The van der Waals surface area contributed by atoms with Crippen molar-refractivity contribution in [2.75, 3.05) is 5.32 Å². The highest BCUT2D eigenvalue weighted by Gasteiger charge is 2.11. The van der Waals surface area contributed by atoms with Crippen molar-refractivity contribution in [1.82, 2.24) is 0 Å². The van der Waals surface area contributed by atoms with Gasteiger partial charge in [-0.2, -0.15) is 0 Å². The Balaban J connectivity index is 2.13. The maximum atomic E-state index is 13.5. The summed E-state index contributed by atoms with van der Waals surface area (Å²) in [4.78, 5) is 11.9. The number of nitrogens with one attached hydrogen (secondary N) is 1. The Kier molecular flexibility index (Phi) is 4.78. The number of benzene rings is 2. The SMILES string of the molecule is Cc1cc(Br)c(NC(=O)Cc2ccccc2F)cc1Cl. The molecule has 1 amide bonds. The summed E-state index contributed by atoms with van der Waals surface area (Å²) in [7, 11) is 0. The fourth-order valence-electron chi connectivity index (χ4n) is 1.75. The van der Waals surface area contributed by atoms with Crippen molar-refractivity contribution in [2.24, 2.45) is 0 Å². The van der Waals surface area contributed by atoms with Crippen molar-refractivity contribution in [3.8, 4) is 0 Å². The molecule has 0 bridgehead atoms. The highest BCUT2D eigenvalue weighted by atomic mass is 79.9. The third-order valence-electron chi connectivity index (χ3n) is 2.83. The number of carbonyl (C=O) groups excluding carboxylic acids is 1. The second-order valence-electron chi connectivity index (χ2n) is 4.40. The van der Waals surface area contributed by atoms with E-state index in [1.807, 2.05) is 13.0 Å². The fraction of sp³-hybridized carbons (Fsp3) is 0.133. The molecule has 104 valence electrons. The second-order valence-corrected chi connectivity index (χ2v) is 5.66. The van der Waals surface area contributed by atoms with Crippen LogP contribution in [-0.2, 0) is 11.2 Å². The summed E-state index contributed by atoms with van der Waals surface area (Å²) in [5.74, 6) is -0.681. The van der Waals surface area contributed by atoms with Gasteiger partial charge in [0.2, 0.25) is 5.91 Å². The Morgan fingerprint density at radius 2 is 2.05 bits per heavy atom. The van der Waals surface area contributed by atoms with Gasteiger partial charge in [0, 0.05) is 9.50 Å². The van der Waals surface area contributed by atoms with Crippen LogP contribution in [0.1, 0.15) is 11.1 Å². The largest absolute Gasteiger partial charge is 0.325 e. The van der Waals surface area contributed by atoms with Gasteiger partial charge in [0.05, 0.1) is 12.1 Å². The molecule has 2 nitrogen and oxygen atoms in total. The molecule has 0 atom stereocenters. The second kappa shape index (κ2) is 6.37. The molecule has 0 radical (unpaired) electrons. The third kappa shape index (κ3) is 3.58. The first-order valence-corrected chi connectivity index (χ1v) is 7.13. The molecule has 0 heterocycles. The molecule has 0 spiro atoms. The molecule has 0 aliphatic rings. The Labute approximate surface area is 130 Å². The highest BCUT2D eigenvalue weighted by molar-refractivity contribution is 9.10. The van der Waals surface area contributed by atoms with Gasteiger partial charge in [-0.3, -0.25) is 4.79 Å². The molecule has 0 unspecified atom stereocenters. The van der Waals surface area contributed by atoms with E-state index in [9.17, 15) is 9.18 Å². The van der Waals surface area contributed by atoms with E-state index < -0.39 is 0 Å². The Morgan fingerprint density at radius 1 is 1.35 bits per heavy atom. The first kappa shape index (κ1) is 15.0. The Hall–Kier alpha value is -1.39. The number of halogens is 3. The predicted octanol–water partition coefficient (Wildman–Crippen LogP) is 4.73. The molecule has 5 heteroatoms. The summed E-state index contributed by atoms with van der Waals surface area (Å²) < 4.78 is 14.2. The van der Waals surface area contributed by atoms with Gasteiger partial charge in [0.1, 0.15) is 5.82 Å². The molecule has 0 aromatic heterocycles. The minimum Gasteiger partial charge on any atom is -0.325 e. The van der Waals surface area contributed by atoms with Crippen LogP contribution in [0.3, 0.4) is 0 Å². The maximum Gasteiger partial charge on any atom is 0.228 e. The zero-order valence-corrected chi connectivity index (χ0v) is 13.1. The minimum atomic E-state index is -0.386. The Morgan fingerprint density at radius 3 is 2.75 bits per heavy atom. The summed E-state index contributed by atoms with van der Waals surface area (Å²) in [6.07, 6.45) is -0.0232. The molecule has 0 fully saturated rings. The van der Waals surface area contributed by atoms with Crippen molar-refractivity contribution in [3.63, 3.8) is 0 Å². The van der Waals surface area contributed by atoms with E-state index in [-0.39, 0.29) is 18.1 Å². The van der Waals surface area contributed by atoms with E-state index in [2.05, 4.69) is 21.2 Å². The van der Waals surface area contributed by atoms with Crippen LogP contribution >= 0.6 is 27.5 Å². The smallest absolute Gasteiger partial charge is 0.228 e. The molecule has 0 aliphatic carbocycles. The number of anilines is 1. The van der Waals surface area contributed by atoms with Gasteiger partial charge in [-0.25, -0.2) is 4.39 Å². The third-order valence-corrected chi connectivity index (χ3v) is 3.89. The van der Waals surface area contributed by atoms with Gasteiger partial charge < -0.3 is 5.32 Å². The zero-order valence-electron chi connectivity index (χ0n) is 10.7. The van der Waals surface area contributed by atoms with Crippen molar-refractivity contribution < 1.29 is 9.18 Å². The quantitative estimate of drug-likeness (QED) is 0.846. The topological polar surface area (TPSA) is 29.1 Å². The number of amides is 1. The van der Waals surface area contributed by atoms with Gasteiger partial charge in [-0.05, 0) is 52.2 Å². The van der Waals surface area contributed by atoms with Gasteiger partial charge in [-0.1, -0.05) is 29.8 Å². The van der Waals surface area contributed by atoms with E-state index in [0.29, 0.717) is 16.3 Å². The van der Waals surface area contributed by atoms with Crippen molar-refractivity contribution in [1.29, 1.82) is 0 Å². The lowest BCUT2D eigenvalue weighted by atomic mass is 10.1. The number of carbonyl (C=O) groups is 1. The summed E-state index contributed by atoms with van der Waals surface area (Å²) in [6, 6.07) is 9.70. The monoisotopic (exact) mass is 355 g/mol. The van der Waals surface area contributed by atoms with E-state index >= 15 is 0 Å². The molecule has 0 saturated heterocycles. The fourth-order valence-corrected chi connectivity index (χ4v) is 2.47. The molecule has 2 aromatic carbocycles. The number of aryl methyl sites for hydroxylation is 1. The highest BCUT2D eigenvalue weighted by Crippen LogP contribution is 2.29. The lowest BCUT2D eigenvalue weighted by molar-refractivity contribution is -0.115. The zero-order chi connectivity index (χ0) is 14.7. The van der Waals surface area contributed by atoms with Crippen LogP contribution in [0.25, 0.3) is 0 Å². The van der Waals surface area contributed by atoms with Crippen LogP contribution in [0.4, 0.5) is 10.1 Å².